The number of anilines is 2. The van der Waals surface area contributed by atoms with Crippen molar-refractivity contribution in [2.75, 3.05) is 77.1 Å². The second-order valence-corrected chi connectivity index (χ2v) is 14.8. The molecule has 2 N–H and O–H groups in total. The Bertz CT molecular complexity index is 1410. The minimum absolute atomic E-state index is 0.0782. The molecule has 0 unspecified atom stereocenters. The van der Waals surface area contributed by atoms with Gasteiger partial charge in [-0.15, -0.1) is 0 Å². The first-order valence-corrected chi connectivity index (χ1v) is 19.9. The van der Waals surface area contributed by atoms with Crippen molar-refractivity contribution in [1.82, 2.24) is 19.6 Å². The molecular weight excluding hydrogens is 700 g/mol. The number of nitrogens with one attached hydrogen (secondary N) is 2. The molecule has 0 aliphatic carbocycles. The average Bonchev–Trinajstić information content (AvgIpc) is 3.20. The number of likely N-dealkylation sites (tertiary alicyclic amines) is 2. The maximum absolute atomic E-state index is 12.7. The molecule has 0 aromatic heterocycles. The molecule has 55 heavy (non-hydrogen) atoms. The summed E-state index contributed by atoms with van der Waals surface area (Å²) >= 11 is 0. The molecule has 2 fully saturated rings. The van der Waals surface area contributed by atoms with Crippen molar-refractivity contribution < 1.29 is 33.5 Å². The molecular formula is C42H60N6O7. The summed E-state index contributed by atoms with van der Waals surface area (Å²) in [6, 6.07) is 13.5. The topological polar surface area (TPSA) is 149 Å². The first kappa shape index (κ1) is 43.3. The third-order valence-corrected chi connectivity index (χ3v) is 10.5. The Morgan fingerprint density at radius 3 is 1.31 bits per heavy atom. The summed E-state index contributed by atoms with van der Waals surface area (Å²) in [5.41, 5.74) is 2.46. The number of rotatable bonds is 22. The van der Waals surface area contributed by atoms with E-state index in [9.17, 15) is 28.8 Å². The Labute approximate surface area is 326 Å². The van der Waals surface area contributed by atoms with Crippen LogP contribution in [0.4, 0.5) is 11.4 Å². The molecule has 300 valence electrons. The molecule has 0 radical (unpaired) electrons. The van der Waals surface area contributed by atoms with Crippen molar-refractivity contribution in [3.8, 4) is 0 Å². The Hall–Kier alpha value is -4.46. The zero-order chi connectivity index (χ0) is 39.4. The van der Waals surface area contributed by atoms with E-state index in [4.69, 9.17) is 4.74 Å². The predicted octanol–water partition coefficient (Wildman–Crippen LogP) is 4.87. The van der Waals surface area contributed by atoms with E-state index >= 15 is 0 Å². The van der Waals surface area contributed by atoms with E-state index in [0.717, 1.165) is 90.4 Å². The standard InChI is InChI=1S/C42H60N6O7/c1-45(23-5-3-7-39(51)43-35-13-9-33(31-49)10-14-35)41(53)21-29-47-25-17-37(18-26-47)55-38-19-27-48(28-20-38)30-22-42(54)46(2)24-6-4-8-40(52)44-36-15-11-34(32-50)12-16-36/h9-16,31-32,37-38H,3-8,17-30H2,1-2H3,(H,43,51)(H,44,52). The summed E-state index contributed by atoms with van der Waals surface area (Å²) in [7, 11) is 3.65. The summed E-state index contributed by atoms with van der Waals surface area (Å²) in [5, 5.41) is 5.67. The van der Waals surface area contributed by atoms with E-state index in [1.807, 2.05) is 14.1 Å². The number of piperidine rings is 2. The van der Waals surface area contributed by atoms with Crippen molar-refractivity contribution in [3.05, 3.63) is 59.7 Å². The summed E-state index contributed by atoms with van der Waals surface area (Å²) in [5.74, 6) is 0.0871. The molecule has 4 amide bonds. The van der Waals surface area contributed by atoms with Crippen molar-refractivity contribution in [3.63, 3.8) is 0 Å². The molecule has 0 saturated carbocycles. The number of amides is 4. The number of benzene rings is 2. The van der Waals surface area contributed by atoms with Crippen LogP contribution in [0, 0.1) is 0 Å². The normalized spacial score (nSPS) is 15.6. The molecule has 0 atom stereocenters. The molecule has 2 aromatic carbocycles. The summed E-state index contributed by atoms with van der Waals surface area (Å²) in [6.45, 7) is 6.42. The van der Waals surface area contributed by atoms with Crippen molar-refractivity contribution in [2.24, 2.45) is 0 Å². The van der Waals surface area contributed by atoms with Crippen molar-refractivity contribution >= 4 is 47.6 Å². The van der Waals surface area contributed by atoms with Crippen LogP contribution in [0.2, 0.25) is 0 Å². The Kier molecular flexibility index (Phi) is 18.5. The maximum Gasteiger partial charge on any atom is 0.224 e. The lowest BCUT2D eigenvalue weighted by Crippen LogP contribution is -2.43. The van der Waals surface area contributed by atoms with Gasteiger partial charge in [0.05, 0.1) is 12.2 Å². The van der Waals surface area contributed by atoms with E-state index < -0.39 is 0 Å². The van der Waals surface area contributed by atoms with Gasteiger partial charge in [-0.3, -0.25) is 28.8 Å². The van der Waals surface area contributed by atoms with Gasteiger partial charge in [-0.25, -0.2) is 0 Å². The lowest BCUT2D eigenvalue weighted by molar-refractivity contribution is -0.131. The number of nitrogens with zero attached hydrogens (tertiary/aromatic N) is 4. The van der Waals surface area contributed by atoms with Crippen LogP contribution >= 0.6 is 0 Å². The highest BCUT2D eigenvalue weighted by Gasteiger charge is 2.26. The van der Waals surface area contributed by atoms with Gasteiger partial charge in [0.1, 0.15) is 12.6 Å². The van der Waals surface area contributed by atoms with Gasteiger partial charge in [-0.2, -0.15) is 0 Å². The quantitative estimate of drug-likeness (QED) is 0.127. The number of aldehydes is 2. The largest absolute Gasteiger partial charge is 0.375 e. The van der Waals surface area contributed by atoms with Crippen molar-refractivity contribution in [1.29, 1.82) is 0 Å². The van der Waals surface area contributed by atoms with Gasteiger partial charge in [0.2, 0.25) is 23.6 Å². The molecule has 13 heteroatoms. The van der Waals surface area contributed by atoms with E-state index in [2.05, 4.69) is 20.4 Å². The van der Waals surface area contributed by atoms with Gasteiger partial charge in [0.25, 0.3) is 0 Å². The molecule has 2 aliphatic heterocycles. The van der Waals surface area contributed by atoms with E-state index in [1.165, 1.54) is 0 Å². The lowest BCUT2D eigenvalue weighted by atomic mass is 10.0. The maximum atomic E-state index is 12.7. The molecule has 2 heterocycles. The second-order valence-electron chi connectivity index (χ2n) is 14.8. The van der Waals surface area contributed by atoms with Gasteiger partial charge < -0.3 is 35.0 Å². The zero-order valence-electron chi connectivity index (χ0n) is 32.7. The molecule has 4 rings (SSSR count). The molecule has 13 nitrogen and oxygen atoms in total. The molecule has 0 bridgehead atoms. The number of unbranched alkanes of at least 4 members (excludes halogenated alkanes) is 2. The van der Waals surface area contributed by atoms with E-state index in [-0.39, 0.29) is 35.8 Å². The summed E-state index contributed by atoms with van der Waals surface area (Å²) in [4.78, 5) is 79.7. The van der Waals surface area contributed by atoms with Crippen LogP contribution in [0.25, 0.3) is 0 Å². The Balaban J connectivity index is 0.975. The van der Waals surface area contributed by atoms with Gasteiger partial charge >= 0.3 is 0 Å². The number of hydrogen-bond donors (Lipinski definition) is 2. The predicted molar refractivity (Wildman–Crippen MR) is 213 cm³/mol. The fraction of sp³-hybridized carbons (Fsp3) is 0.571. The average molecular weight is 761 g/mol. The Morgan fingerprint density at radius 2 is 0.964 bits per heavy atom. The lowest BCUT2D eigenvalue weighted by Gasteiger charge is -2.37. The van der Waals surface area contributed by atoms with Gasteiger partial charge in [-0.1, -0.05) is 0 Å². The van der Waals surface area contributed by atoms with Gasteiger partial charge in [-0.05, 0) is 99.9 Å². The minimum atomic E-state index is -0.0782. The molecule has 2 aliphatic rings. The fourth-order valence-electron chi connectivity index (χ4n) is 6.95. The fourth-order valence-corrected chi connectivity index (χ4v) is 6.95. The van der Waals surface area contributed by atoms with Crippen LogP contribution in [0.1, 0.15) is 97.8 Å². The van der Waals surface area contributed by atoms with E-state index in [0.29, 0.717) is 74.1 Å². The monoisotopic (exact) mass is 760 g/mol. The third kappa shape index (κ3) is 16.0. The van der Waals surface area contributed by atoms with E-state index in [1.54, 1.807) is 58.3 Å². The highest BCUT2D eigenvalue weighted by atomic mass is 16.5. The third-order valence-electron chi connectivity index (χ3n) is 10.5. The Morgan fingerprint density at radius 1 is 0.600 bits per heavy atom. The van der Waals surface area contributed by atoms with Crippen LogP contribution in [-0.2, 0) is 23.9 Å². The smallest absolute Gasteiger partial charge is 0.224 e. The number of carbonyl (C=O) groups is 6. The number of ether oxygens (including phenoxy) is 1. The van der Waals surface area contributed by atoms with Crippen LogP contribution < -0.4 is 10.6 Å². The van der Waals surface area contributed by atoms with Crippen LogP contribution in [0.15, 0.2) is 48.5 Å². The number of hydrogen-bond acceptors (Lipinski definition) is 9. The number of carbonyl (C=O) groups excluding carboxylic acids is 6. The van der Waals surface area contributed by atoms with Gasteiger partial charge in [0.15, 0.2) is 0 Å². The summed E-state index contributed by atoms with van der Waals surface area (Å²) < 4.78 is 6.50. The first-order chi connectivity index (χ1) is 26.6. The molecule has 2 aromatic rings. The highest BCUT2D eigenvalue weighted by Crippen LogP contribution is 2.22. The zero-order valence-corrected chi connectivity index (χ0v) is 32.7. The first-order valence-electron chi connectivity index (χ1n) is 19.9. The highest BCUT2D eigenvalue weighted by molar-refractivity contribution is 5.91. The van der Waals surface area contributed by atoms with Crippen LogP contribution in [-0.4, -0.2) is 134 Å². The SMILES string of the molecule is CN(CCCCC(=O)Nc1ccc(C=O)cc1)C(=O)CCN1CCC(OC2CCN(CCC(=O)N(C)CCCCC(=O)Nc3ccc(C=O)cc3)CC2)CC1. The molecule has 0 spiro atoms. The second kappa shape index (κ2) is 23.5. The van der Waals surface area contributed by atoms with Gasteiger partial charge in [0, 0.05) is 115 Å². The van der Waals surface area contributed by atoms with Crippen LogP contribution in [0.3, 0.4) is 0 Å². The summed E-state index contributed by atoms with van der Waals surface area (Å²) in [6.07, 6.45) is 10.5. The van der Waals surface area contributed by atoms with Crippen molar-refractivity contribution in [2.45, 2.75) is 89.3 Å². The van der Waals surface area contributed by atoms with Crippen LogP contribution in [0.5, 0.6) is 0 Å². The minimum Gasteiger partial charge on any atom is -0.375 e. The molecule has 2 saturated heterocycles.